The van der Waals surface area contributed by atoms with E-state index >= 15 is 0 Å². The van der Waals surface area contributed by atoms with E-state index in [1.807, 2.05) is 0 Å². The molecule has 0 saturated heterocycles. The predicted octanol–water partition coefficient (Wildman–Crippen LogP) is -3.43. The summed E-state index contributed by atoms with van der Waals surface area (Å²) >= 11 is 1.17. The van der Waals surface area contributed by atoms with Gasteiger partial charge in [-0.05, 0) is 0 Å². The lowest BCUT2D eigenvalue weighted by atomic mass is 10.0. The molecule has 1 aliphatic heterocycles. The van der Waals surface area contributed by atoms with Gasteiger partial charge in [-0.15, -0.1) is 0 Å². The molecular weight excluding hydrogens is 292 g/mol. The molecule has 0 radical (unpaired) electrons. The Bertz CT molecular complexity index is 368. The molecule has 5 atom stereocenters. The van der Waals surface area contributed by atoms with Gasteiger partial charge in [0.15, 0.2) is 11.2 Å². The van der Waals surface area contributed by atoms with Crippen LogP contribution in [0.4, 0.5) is 0 Å². The molecule has 1 rings (SSSR count). The van der Waals surface area contributed by atoms with Crippen molar-refractivity contribution in [2.24, 2.45) is 4.99 Å². The van der Waals surface area contributed by atoms with Crippen LogP contribution in [0.1, 0.15) is 0 Å². The molecule has 116 valence electrons. The highest BCUT2D eigenvalue weighted by Crippen LogP contribution is 2.16. The first-order valence-corrected chi connectivity index (χ1v) is 6.85. The van der Waals surface area contributed by atoms with Crippen LogP contribution in [-0.2, 0) is 4.79 Å². The highest BCUT2D eigenvalue weighted by atomic mass is 32.2. The summed E-state index contributed by atoms with van der Waals surface area (Å²) in [4.78, 5) is 14.5. The van der Waals surface area contributed by atoms with Crippen molar-refractivity contribution in [3.8, 4) is 0 Å². The second-order valence-electron chi connectivity index (χ2n) is 4.28. The molecule has 7 N–H and O–H groups in total. The van der Waals surface area contributed by atoms with Crippen LogP contribution in [-0.4, -0.2) is 91.1 Å². The smallest absolute Gasteiger partial charge is 0.329 e. The minimum Gasteiger partial charge on any atom is -0.480 e. The molecule has 10 heteroatoms. The Hall–Kier alpha value is -0.910. The molecule has 0 aromatic carbocycles. The highest BCUT2D eigenvalue weighted by molar-refractivity contribution is 8.14. The number of carboxylic acids is 1. The van der Waals surface area contributed by atoms with Crippen molar-refractivity contribution in [3.63, 3.8) is 0 Å². The van der Waals surface area contributed by atoms with Crippen molar-refractivity contribution in [1.29, 1.82) is 0 Å². The number of carbonyl (C=O) groups is 1. The summed E-state index contributed by atoms with van der Waals surface area (Å²) < 4.78 is 0. The number of rotatable bonds is 7. The molecule has 20 heavy (non-hydrogen) atoms. The largest absolute Gasteiger partial charge is 0.480 e. The van der Waals surface area contributed by atoms with Crippen molar-refractivity contribution in [2.45, 2.75) is 30.5 Å². The van der Waals surface area contributed by atoms with Gasteiger partial charge in [0.05, 0.1) is 12.7 Å². The molecular formula is C10H18N2O7S. The van der Waals surface area contributed by atoms with Crippen LogP contribution < -0.4 is 5.32 Å². The fourth-order valence-electron chi connectivity index (χ4n) is 1.47. The zero-order valence-electron chi connectivity index (χ0n) is 10.5. The second-order valence-corrected chi connectivity index (χ2v) is 5.29. The number of hydrogen-bond donors (Lipinski definition) is 7. The van der Waals surface area contributed by atoms with E-state index < -0.39 is 43.0 Å². The Labute approximate surface area is 119 Å². The van der Waals surface area contributed by atoms with E-state index in [0.717, 1.165) is 0 Å². The molecule has 0 aromatic heterocycles. The number of aliphatic carboxylic acids is 1. The maximum atomic E-state index is 10.7. The lowest BCUT2D eigenvalue weighted by Gasteiger charge is -2.25. The minimum atomic E-state index is -1.69. The summed E-state index contributed by atoms with van der Waals surface area (Å²) in [6.07, 6.45) is -6.33. The maximum absolute atomic E-state index is 10.7. The average Bonchev–Trinajstić information content (AvgIpc) is 2.91. The zero-order valence-corrected chi connectivity index (χ0v) is 11.3. The molecule has 1 aliphatic rings. The molecule has 0 fully saturated rings. The monoisotopic (exact) mass is 310 g/mol. The van der Waals surface area contributed by atoms with Gasteiger partial charge in [-0.25, -0.2) is 9.79 Å². The number of hydrogen-bond acceptors (Lipinski definition) is 9. The third-order valence-electron chi connectivity index (χ3n) is 2.72. The first-order valence-electron chi connectivity index (χ1n) is 5.87. The fourth-order valence-corrected chi connectivity index (χ4v) is 2.39. The molecule has 0 saturated carbocycles. The van der Waals surface area contributed by atoms with Crippen molar-refractivity contribution in [3.05, 3.63) is 0 Å². The van der Waals surface area contributed by atoms with Crippen molar-refractivity contribution >= 4 is 22.9 Å². The van der Waals surface area contributed by atoms with E-state index in [0.29, 0.717) is 5.17 Å². The summed E-state index contributed by atoms with van der Waals surface area (Å²) in [7, 11) is 0. The number of nitrogens with zero attached hydrogens (tertiary/aromatic N) is 1. The summed E-state index contributed by atoms with van der Waals surface area (Å²) in [5.74, 6) is -0.765. The van der Waals surface area contributed by atoms with Gasteiger partial charge in [0.25, 0.3) is 0 Å². The number of aliphatic hydroxyl groups excluding tert-OH is 5. The number of aliphatic imine (C=N–C) groups is 1. The number of nitrogens with one attached hydrogen (secondary N) is 1. The minimum absolute atomic E-state index is 0.186. The molecule has 0 bridgehead atoms. The van der Waals surface area contributed by atoms with Crippen molar-refractivity contribution in [2.75, 3.05) is 18.9 Å². The normalized spacial score (nSPS) is 24.6. The summed E-state index contributed by atoms with van der Waals surface area (Å²) in [5, 5.41) is 58.0. The van der Waals surface area contributed by atoms with E-state index in [-0.39, 0.29) is 12.3 Å². The lowest BCUT2D eigenvalue weighted by Crippen LogP contribution is -2.49. The van der Waals surface area contributed by atoms with Crippen LogP contribution in [0.2, 0.25) is 0 Å². The highest BCUT2D eigenvalue weighted by Gasteiger charge is 2.31. The van der Waals surface area contributed by atoms with Crippen LogP contribution in [0.25, 0.3) is 0 Å². The second kappa shape index (κ2) is 7.76. The SMILES string of the molecule is O=C(O)C1CSC(NCC(O)C(O)C(O)C(O)CO)=N1. The summed E-state index contributed by atoms with van der Waals surface area (Å²) in [5.41, 5.74) is 0. The van der Waals surface area contributed by atoms with Crippen LogP contribution in [0, 0.1) is 0 Å². The third-order valence-corrected chi connectivity index (χ3v) is 3.73. The van der Waals surface area contributed by atoms with Gasteiger partial charge in [-0.2, -0.15) is 0 Å². The van der Waals surface area contributed by atoms with Crippen molar-refractivity contribution < 1.29 is 35.4 Å². The Morgan fingerprint density at radius 3 is 2.40 bits per heavy atom. The Kier molecular flexibility index (Phi) is 6.65. The number of carboxylic acid groups (broad SMARTS) is 1. The Balaban J connectivity index is 2.42. The van der Waals surface area contributed by atoms with Crippen LogP contribution >= 0.6 is 11.8 Å². The van der Waals surface area contributed by atoms with Gasteiger partial charge in [0.1, 0.15) is 18.3 Å². The van der Waals surface area contributed by atoms with Gasteiger partial charge >= 0.3 is 5.97 Å². The fraction of sp³-hybridized carbons (Fsp3) is 0.800. The first kappa shape index (κ1) is 17.1. The van der Waals surface area contributed by atoms with E-state index in [2.05, 4.69) is 10.3 Å². The van der Waals surface area contributed by atoms with Crippen LogP contribution in [0.5, 0.6) is 0 Å². The number of aliphatic hydroxyl groups is 5. The first-order chi connectivity index (χ1) is 9.36. The topological polar surface area (TPSA) is 163 Å². The molecule has 1 heterocycles. The summed E-state index contributed by atoms with van der Waals surface area (Å²) in [6.45, 7) is -0.935. The number of amidine groups is 1. The zero-order chi connectivity index (χ0) is 15.3. The third kappa shape index (κ3) is 4.58. The van der Waals surface area contributed by atoms with Gasteiger partial charge in [0, 0.05) is 12.3 Å². The Morgan fingerprint density at radius 1 is 1.30 bits per heavy atom. The maximum Gasteiger partial charge on any atom is 0.329 e. The standard InChI is InChI=1S/C10H18N2O7S/c13-2-6(15)8(17)7(16)5(14)1-11-10-12-4(3-20-10)9(18)19/h4-8,13-17H,1-3H2,(H,11,12)(H,18,19). The van der Waals surface area contributed by atoms with Crippen LogP contribution in [0.15, 0.2) is 4.99 Å². The Morgan fingerprint density at radius 2 is 1.90 bits per heavy atom. The van der Waals surface area contributed by atoms with Gasteiger partial charge in [-0.1, -0.05) is 11.8 Å². The number of thioether (sulfide) groups is 1. The van der Waals surface area contributed by atoms with Gasteiger partial charge in [-0.3, -0.25) is 0 Å². The van der Waals surface area contributed by atoms with E-state index in [9.17, 15) is 20.1 Å². The quantitative estimate of drug-likeness (QED) is 0.253. The van der Waals surface area contributed by atoms with Crippen LogP contribution in [0.3, 0.4) is 0 Å². The van der Waals surface area contributed by atoms with Crippen molar-refractivity contribution in [1.82, 2.24) is 5.32 Å². The van der Waals surface area contributed by atoms with E-state index in [1.54, 1.807) is 0 Å². The molecule has 9 nitrogen and oxygen atoms in total. The van der Waals surface area contributed by atoms with Gasteiger partial charge < -0.3 is 36.0 Å². The summed E-state index contributed by atoms with van der Waals surface area (Å²) in [6, 6.07) is -0.841. The molecule has 0 amide bonds. The van der Waals surface area contributed by atoms with E-state index in [4.69, 9.17) is 15.3 Å². The average molecular weight is 310 g/mol. The van der Waals surface area contributed by atoms with E-state index in [1.165, 1.54) is 11.8 Å². The molecule has 0 aromatic rings. The molecule has 0 aliphatic carbocycles. The van der Waals surface area contributed by atoms with Gasteiger partial charge in [0.2, 0.25) is 0 Å². The lowest BCUT2D eigenvalue weighted by molar-refractivity contribution is -0.137. The predicted molar refractivity (Wildman–Crippen MR) is 70.4 cm³/mol. The molecule has 5 unspecified atom stereocenters. The molecule has 0 spiro atoms.